The summed E-state index contributed by atoms with van der Waals surface area (Å²) in [6, 6.07) is 24.1. The first-order valence-electron chi connectivity index (χ1n) is 13.7. The van der Waals surface area contributed by atoms with Crippen molar-refractivity contribution in [2.45, 2.75) is 57.5 Å². The lowest BCUT2D eigenvalue weighted by Gasteiger charge is -2.32. The molecule has 0 radical (unpaired) electrons. The SMILES string of the molecule is COc1ccc(CN(C(=O)Cc2ccc(Cl)cc2)[C@H](Cc2ccccc2)C(=O)NCCC2=CCCCC2)cc1. The second kappa shape index (κ2) is 14.5. The molecule has 0 bridgehead atoms. The summed E-state index contributed by atoms with van der Waals surface area (Å²) in [4.78, 5) is 29.3. The van der Waals surface area contributed by atoms with E-state index < -0.39 is 6.04 Å². The third-order valence-electron chi connectivity index (χ3n) is 7.18. The third-order valence-corrected chi connectivity index (χ3v) is 7.43. The highest BCUT2D eigenvalue weighted by molar-refractivity contribution is 6.30. The molecule has 5 nitrogen and oxygen atoms in total. The Labute approximate surface area is 236 Å². The Morgan fingerprint density at radius 3 is 2.31 bits per heavy atom. The summed E-state index contributed by atoms with van der Waals surface area (Å²) in [6.07, 6.45) is 8.44. The Bertz CT molecular complexity index is 1240. The number of hydrogen-bond acceptors (Lipinski definition) is 3. The average Bonchev–Trinajstić information content (AvgIpc) is 2.97. The second-order valence-electron chi connectivity index (χ2n) is 10.0. The normalized spacial score (nSPS) is 13.7. The van der Waals surface area contributed by atoms with E-state index in [1.54, 1.807) is 24.1 Å². The van der Waals surface area contributed by atoms with Gasteiger partial charge in [-0.05, 0) is 73.1 Å². The molecule has 39 heavy (non-hydrogen) atoms. The fourth-order valence-electron chi connectivity index (χ4n) is 4.96. The number of methoxy groups -OCH3 is 1. The lowest BCUT2D eigenvalue weighted by atomic mass is 9.97. The molecule has 4 rings (SSSR count). The van der Waals surface area contributed by atoms with E-state index in [1.165, 1.54) is 18.4 Å². The first-order valence-corrected chi connectivity index (χ1v) is 14.1. The quantitative estimate of drug-likeness (QED) is 0.263. The van der Waals surface area contributed by atoms with Gasteiger partial charge < -0.3 is 15.0 Å². The minimum atomic E-state index is -0.658. The highest BCUT2D eigenvalue weighted by atomic mass is 35.5. The molecule has 0 spiro atoms. The first-order chi connectivity index (χ1) is 19.0. The van der Waals surface area contributed by atoms with E-state index in [2.05, 4.69) is 11.4 Å². The van der Waals surface area contributed by atoms with Gasteiger partial charge in [-0.15, -0.1) is 0 Å². The van der Waals surface area contributed by atoms with Crippen LogP contribution in [0.15, 0.2) is 90.5 Å². The number of hydrogen-bond donors (Lipinski definition) is 1. The van der Waals surface area contributed by atoms with Crippen molar-refractivity contribution in [2.24, 2.45) is 0 Å². The van der Waals surface area contributed by atoms with Gasteiger partial charge in [0, 0.05) is 24.5 Å². The maximum atomic E-state index is 13.9. The van der Waals surface area contributed by atoms with Gasteiger partial charge in [0.1, 0.15) is 11.8 Å². The van der Waals surface area contributed by atoms with Gasteiger partial charge in [0.2, 0.25) is 11.8 Å². The van der Waals surface area contributed by atoms with E-state index in [4.69, 9.17) is 16.3 Å². The van der Waals surface area contributed by atoms with Crippen molar-refractivity contribution in [1.82, 2.24) is 10.2 Å². The van der Waals surface area contributed by atoms with Gasteiger partial charge in [-0.1, -0.05) is 77.8 Å². The van der Waals surface area contributed by atoms with Crippen LogP contribution in [-0.2, 0) is 29.0 Å². The van der Waals surface area contributed by atoms with Crippen molar-refractivity contribution in [2.75, 3.05) is 13.7 Å². The largest absolute Gasteiger partial charge is 0.497 e. The van der Waals surface area contributed by atoms with E-state index in [-0.39, 0.29) is 18.2 Å². The Hall–Kier alpha value is -3.57. The van der Waals surface area contributed by atoms with E-state index >= 15 is 0 Å². The fraction of sp³-hybridized carbons (Fsp3) is 0.333. The monoisotopic (exact) mass is 544 g/mol. The smallest absolute Gasteiger partial charge is 0.243 e. The van der Waals surface area contributed by atoms with Crippen molar-refractivity contribution < 1.29 is 14.3 Å². The molecular weight excluding hydrogens is 508 g/mol. The van der Waals surface area contributed by atoms with Gasteiger partial charge in [0.25, 0.3) is 0 Å². The molecule has 0 heterocycles. The van der Waals surface area contributed by atoms with Gasteiger partial charge in [0.05, 0.1) is 13.5 Å². The average molecular weight is 545 g/mol. The van der Waals surface area contributed by atoms with E-state index in [1.807, 2.05) is 66.7 Å². The Morgan fingerprint density at radius 1 is 0.923 bits per heavy atom. The zero-order chi connectivity index (χ0) is 27.5. The van der Waals surface area contributed by atoms with E-state index in [0.29, 0.717) is 24.5 Å². The molecule has 0 unspecified atom stereocenters. The van der Waals surface area contributed by atoms with Crippen molar-refractivity contribution in [3.05, 3.63) is 112 Å². The van der Waals surface area contributed by atoms with Crippen LogP contribution in [0.3, 0.4) is 0 Å². The predicted octanol–water partition coefficient (Wildman–Crippen LogP) is 6.54. The molecule has 0 aromatic heterocycles. The van der Waals surface area contributed by atoms with Crippen LogP contribution in [0, 0.1) is 0 Å². The molecule has 0 fully saturated rings. The molecule has 6 heteroatoms. The molecule has 1 aliphatic rings. The number of nitrogens with zero attached hydrogens (tertiary/aromatic N) is 1. The molecule has 0 saturated carbocycles. The number of halogens is 1. The van der Waals surface area contributed by atoms with Crippen LogP contribution in [0.4, 0.5) is 0 Å². The summed E-state index contributed by atoms with van der Waals surface area (Å²) in [5.41, 5.74) is 4.20. The van der Waals surface area contributed by atoms with Gasteiger partial charge in [-0.3, -0.25) is 9.59 Å². The first kappa shape index (κ1) is 28.4. The number of nitrogens with one attached hydrogen (secondary N) is 1. The van der Waals surface area contributed by atoms with Crippen molar-refractivity contribution in [1.29, 1.82) is 0 Å². The van der Waals surface area contributed by atoms with Gasteiger partial charge >= 0.3 is 0 Å². The van der Waals surface area contributed by atoms with Gasteiger partial charge in [0.15, 0.2) is 0 Å². The highest BCUT2D eigenvalue weighted by Crippen LogP contribution is 2.21. The van der Waals surface area contributed by atoms with Crippen molar-refractivity contribution in [3.8, 4) is 5.75 Å². The minimum absolute atomic E-state index is 0.112. The minimum Gasteiger partial charge on any atom is -0.497 e. The van der Waals surface area contributed by atoms with Crippen LogP contribution in [0.2, 0.25) is 5.02 Å². The number of benzene rings is 3. The van der Waals surface area contributed by atoms with E-state index in [0.717, 1.165) is 41.7 Å². The molecule has 2 amide bonds. The maximum absolute atomic E-state index is 13.9. The Balaban J connectivity index is 1.59. The molecule has 1 aliphatic carbocycles. The fourth-order valence-corrected chi connectivity index (χ4v) is 5.08. The summed E-state index contributed by atoms with van der Waals surface area (Å²) in [7, 11) is 1.63. The zero-order valence-corrected chi connectivity index (χ0v) is 23.3. The molecule has 1 N–H and O–H groups in total. The number of amides is 2. The highest BCUT2D eigenvalue weighted by Gasteiger charge is 2.30. The van der Waals surface area contributed by atoms with Crippen LogP contribution < -0.4 is 10.1 Å². The summed E-state index contributed by atoms with van der Waals surface area (Å²) in [5.74, 6) is 0.501. The van der Waals surface area contributed by atoms with Crippen LogP contribution >= 0.6 is 11.6 Å². The molecule has 0 aliphatic heterocycles. The lowest BCUT2D eigenvalue weighted by molar-refractivity contribution is -0.140. The third kappa shape index (κ3) is 8.72. The topological polar surface area (TPSA) is 58.6 Å². The summed E-state index contributed by atoms with van der Waals surface area (Å²) >= 11 is 6.07. The molecule has 3 aromatic carbocycles. The molecular formula is C33H37ClN2O3. The maximum Gasteiger partial charge on any atom is 0.243 e. The van der Waals surface area contributed by atoms with Crippen molar-refractivity contribution >= 4 is 23.4 Å². The van der Waals surface area contributed by atoms with Crippen molar-refractivity contribution in [3.63, 3.8) is 0 Å². The molecule has 3 aromatic rings. The predicted molar refractivity (Wildman–Crippen MR) is 157 cm³/mol. The molecule has 204 valence electrons. The van der Waals surface area contributed by atoms with E-state index in [9.17, 15) is 9.59 Å². The van der Waals surface area contributed by atoms with Crippen LogP contribution in [0.5, 0.6) is 5.75 Å². The number of ether oxygens (including phenoxy) is 1. The van der Waals surface area contributed by atoms with Gasteiger partial charge in [-0.25, -0.2) is 0 Å². The standard InChI is InChI=1S/C33H37ClN2O3/c1-39-30-18-14-28(15-19-30)24-36(32(37)23-27-12-16-29(34)17-13-27)31(22-26-10-6-3-7-11-26)33(38)35-21-20-25-8-4-2-5-9-25/h3,6-8,10-19,31H,2,4-5,9,20-24H2,1H3,(H,35,38)/t31-/m1/s1. The zero-order valence-electron chi connectivity index (χ0n) is 22.6. The number of carbonyl (C=O) groups is 2. The Kier molecular flexibility index (Phi) is 10.6. The van der Waals surface area contributed by atoms with Crippen LogP contribution in [-0.4, -0.2) is 36.4 Å². The summed E-state index contributed by atoms with van der Waals surface area (Å²) in [6.45, 7) is 0.879. The number of carbonyl (C=O) groups excluding carboxylic acids is 2. The number of rotatable bonds is 12. The summed E-state index contributed by atoms with van der Waals surface area (Å²) < 4.78 is 5.31. The van der Waals surface area contributed by atoms with Gasteiger partial charge in [-0.2, -0.15) is 0 Å². The molecule has 0 saturated heterocycles. The molecule has 1 atom stereocenters. The lowest BCUT2D eigenvalue weighted by Crippen LogP contribution is -2.51. The summed E-state index contributed by atoms with van der Waals surface area (Å²) in [5, 5.41) is 3.77. The number of allylic oxidation sites excluding steroid dienone is 1. The van der Waals surface area contributed by atoms with Crippen LogP contribution in [0.1, 0.15) is 48.8 Å². The van der Waals surface area contributed by atoms with Crippen LogP contribution in [0.25, 0.3) is 0 Å². The second-order valence-corrected chi connectivity index (χ2v) is 10.5. The Morgan fingerprint density at radius 2 is 1.64 bits per heavy atom.